The first kappa shape index (κ1) is 23.4. The van der Waals surface area contributed by atoms with Gasteiger partial charge in [0.2, 0.25) is 0 Å². The summed E-state index contributed by atoms with van der Waals surface area (Å²) in [5, 5.41) is 0. The summed E-state index contributed by atoms with van der Waals surface area (Å²) in [4.78, 5) is 14.4. The van der Waals surface area contributed by atoms with E-state index in [-0.39, 0.29) is 16.5 Å². The normalized spacial score (nSPS) is 12.6. The second-order valence-corrected chi connectivity index (χ2v) is 9.57. The van der Waals surface area contributed by atoms with Crippen LogP contribution in [0.1, 0.15) is 15.9 Å². The lowest BCUT2D eigenvalue weighted by atomic mass is 10.2. The van der Waals surface area contributed by atoms with Crippen molar-refractivity contribution in [3.05, 3.63) is 77.9 Å². The maximum Gasteiger partial charge on any atom is 0.262 e. The summed E-state index contributed by atoms with van der Waals surface area (Å²) in [5.41, 5.74) is 1.74. The van der Waals surface area contributed by atoms with Gasteiger partial charge in [0.25, 0.3) is 15.9 Å². The van der Waals surface area contributed by atoms with Crippen molar-refractivity contribution in [2.45, 2.75) is 11.8 Å². The molecule has 9 heteroatoms. The molecule has 3 aromatic rings. The molecule has 0 fully saturated rings. The Bertz CT molecular complexity index is 1290. The minimum atomic E-state index is -3.89. The Hall–Kier alpha value is -3.72. The van der Waals surface area contributed by atoms with Gasteiger partial charge in [0.15, 0.2) is 11.5 Å². The van der Waals surface area contributed by atoms with Crippen LogP contribution in [0.25, 0.3) is 0 Å². The molecule has 1 aliphatic heterocycles. The number of nitrogens with zero attached hydrogens (tertiary/aromatic N) is 1. The number of carbonyl (C=O) groups excluding carboxylic acids is 1. The fourth-order valence-corrected chi connectivity index (χ4v) is 4.51. The van der Waals surface area contributed by atoms with Gasteiger partial charge in [-0.25, -0.2) is 8.42 Å². The molecule has 178 valence electrons. The SMILES string of the molecule is Cc1cccc(OCCN(C)C(=O)c2cccc(NS(=O)(=O)c3ccc4c(c3)OCCO4)c2)c1. The van der Waals surface area contributed by atoms with Gasteiger partial charge in [-0.1, -0.05) is 18.2 Å². The van der Waals surface area contributed by atoms with Crippen molar-refractivity contribution >= 4 is 21.6 Å². The Labute approximate surface area is 199 Å². The van der Waals surface area contributed by atoms with Crippen LogP contribution >= 0.6 is 0 Å². The molecule has 3 aromatic carbocycles. The van der Waals surface area contributed by atoms with Gasteiger partial charge in [-0.3, -0.25) is 9.52 Å². The predicted molar refractivity (Wildman–Crippen MR) is 128 cm³/mol. The van der Waals surface area contributed by atoms with E-state index in [4.69, 9.17) is 14.2 Å². The van der Waals surface area contributed by atoms with Crippen LogP contribution in [0.2, 0.25) is 0 Å². The number of anilines is 1. The number of amides is 1. The first-order chi connectivity index (χ1) is 16.3. The molecular weight excluding hydrogens is 456 g/mol. The number of sulfonamides is 1. The van der Waals surface area contributed by atoms with Crippen LogP contribution < -0.4 is 18.9 Å². The number of nitrogens with one attached hydrogen (secondary N) is 1. The van der Waals surface area contributed by atoms with Gasteiger partial charge in [-0.2, -0.15) is 0 Å². The number of aryl methyl sites for hydroxylation is 1. The number of likely N-dealkylation sites (N-methyl/N-ethyl adjacent to an activating group) is 1. The molecule has 1 heterocycles. The van der Waals surface area contributed by atoms with Gasteiger partial charge in [0.1, 0.15) is 25.6 Å². The molecule has 0 radical (unpaired) electrons. The Morgan fingerprint density at radius 1 is 1.00 bits per heavy atom. The molecule has 0 aromatic heterocycles. The van der Waals surface area contributed by atoms with E-state index in [1.54, 1.807) is 31.3 Å². The first-order valence-electron chi connectivity index (χ1n) is 10.8. The predicted octanol–water partition coefficient (Wildman–Crippen LogP) is 3.72. The highest BCUT2D eigenvalue weighted by molar-refractivity contribution is 7.92. The largest absolute Gasteiger partial charge is 0.492 e. The van der Waals surface area contributed by atoms with Gasteiger partial charge in [-0.15, -0.1) is 0 Å². The highest BCUT2D eigenvalue weighted by atomic mass is 32.2. The molecule has 1 N–H and O–H groups in total. The van der Waals surface area contributed by atoms with E-state index in [0.717, 1.165) is 11.3 Å². The van der Waals surface area contributed by atoms with Crippen LogP contribution in [0, 0.1) is 6.92 Å². The van der Waals surface area contributed by atoms with Crippen LogP contribution in [-0.4, -0.2) is 52.6 Å². The van der Waals surface area contributed by atoms with E-state index in [1.807, 2.05) is 31.2 Å². The summed E-state index contributed by atoms with van der Waals surface area (Å²) in [6.45, 7) is 3.47. The highest BCUT2D eigenvalue weighted by Gasteiger charge is 2.20. The van der Waals surface area contributed by atoms with Crippen molar-refractivity contribution in [2.24, 2.45) is 0 Å². The Balaban J connectivity index is 1.40. The molecule has 0 saturated heterocycles. The molecule has 0 spiro atoms. The van der Waals surface area contributed by atoms with Gasteiger partial charge < -0.3 is 19.1 Å². The van der Waals surface area contributed by atoms with Crippen molar-refractivity contribution in [1.82, 2.24) is 4.90 Å². The molecule has 0 unspecified atom stereocenters. The van der Waals surface area contributed by atoms with Crippen molar-refractivity contribution < 1.29 is 27.4 Å². The molecule has 0 bridgehead atoms. The summed E-state index contributed by atoms with van der Waals surface area (Å²) < 4.78 is 44.9. The summed E-state index contributed by atoms with van der Waals surface area (Å²) >= 11 is 0. The maximum atomic E-state index is 12.9. The van der Waals surface area contributed by atoms with Gasteiger partial charge in [-0.05, 0) is 55.0 Å². The van der Waals surface area contributed by atoms with Crippen LogP contribution in [0.5, 0.6) is 17.2 Å². The van der Waals surface area contributed by atoms with Crippen LogP contribution in [-0.2, 0) is 10.0 Å². The fraction of sp³-hybridized carbons (Fsp3) is 0.240. The Kier molecular flexibility index (Phi) is 6.93. The molecule has 4 rings (SSSR count). The lowest BCUT2D eigenvalue weighted by Crippen LogP contribution is -2.31. The van der Waals surface area contributed by atoms with Crippen LogP contribution in [0.3, 0.4) is 0 Å². The zero-order valence-corrected chi connectivity index (χ0v) is 19.8. The van der Waals surface area contributed by atoms with Crippen LogP contribution in [0.15, 0.2) is 71.6 Å². The first-order valence-corrected chi connectivity index (χ1v) is 12.3. The molecule has 0 aliphatic carbocycles. The molecule has 1 aliphatic rings. The van der Waals surface area contributed by atoms with E-state index in [9.17, 15) is 13.2 Å². The zero-order valence-electron chi connectivity index (χ0n) is 19.0. The van der Waals surface area contributed by atoms with Gasteiger partial charge in [0, 0.05) is 24.4 Å². The summed E-state index contributed by atoms with van der Waals surface area (Å²) in [5.74, 6) is 1.39. The Morgan fingerprint density at radius 2 is 1.76 bits per heavy atom. The summed E-state index contributed by atoms with van der Waals surface area (Å²) in [7, 11) is -2.21. The third kappa shape index (κ3) is 5.60. The second-order valence-electron chi connectivity index (χ2n) is 7.88. The molecule has 1 amide bonds. The fourth-order valence-electron chi connectivity index (χ4n) is 3.45. The number of hydrogen-bond donors (Lipinski definition) is 1. The zero-order chi connectivity index (χ0) is 24.1. The smallest absolute Gasteiger partial charge is 0.262 e. The van der Waals surface area contributed by atoms with Gasteiger partial charge in [0.05, 0.1) is 11.4 Å². The molecule has 0 saturated carbocycles. The highest BCUT2D eigenvalue weighted by Crippen LogP contribution is 2.32. The molecule has 8 nitrogen and oxygen atoms in total. The average Bonchev–Trinajstić information content (AvgIpc) is 2.83. The average molecular weight is 483 g/mol. The molecule has 0 atom stereocenters. The van der Waals surface area contributed by atoms with E-state index < -0.39 is 10.0 Å². The van der Waals surface area contributed by atoms with Crippen molar-refractivity contribution in [2.75, 3.05) is 38.1 Å². The standard InChI is InChI=1S/C25H26N2O6S/c1-18-5-3-8-21(15-18)31-12-11-27(2)25(28)19-6-4-7-20(16-19)26-34(29,30)22-9-10-23-24(17-22)33-14-13-32-23/h3-10,15-17,26H,11-14H2,1-2H3. The molecular formula is C25H26N2O6S. The van der Waals surface area contributed by atoms with Crippen molar-refractivity contribution in [3.63, 3.8) is 0 Å². The number of hydrogen-bond acceptors (Lipinski definition) is 6. The lowest BCUT2D eigenvalue weighted by molar-refractivity contribution is 0.0774. The number of fused-ring (bicyclic) bond motifs is 1. The lowest BCUT2D eigenvalue weighted by Gasteiger charge is -2.19. The Morgan fingerprint density at radius 3 is 2.56 bits per heavy atom. The van der Waals surface area contributed by atoms with Gasteiger partial charge >= 0.3 is 0 Å². The minimum absolute atomic E-state index is 0.0406. The summed E-state index contributed by atoms with van der Waals surface area (Å²) in [6.07, 6.45) is 0. The quantitative estimate of drug-likeness (QED) is 0.526. The second kappa shape index (κ2) is 10.0. The van der Waals surface area contributed by atoms with E-state index >= 15 is 0 Å². The third-order valence-electron chi connectivity index (χ3n) is 5.22. The number of carbonyl (C=O) groups is 1. The van der Waals surface area contributed by atoms with E-state index in [1.165, 1.54) is 23.1 Å². The number of benzene rings is 3. The van der Waals surface area contributed by atoms with E-state index in [2.05, 4.69) is 4.72 Å². The minimum Gasteiger partial charge on any atom is -0.492 e. The topological polar surface area (TPSA) is 94.2 Å². The van der Waals surface area contributed by atoms with E-state index in [0.29, 0.717) is 43.4 Å². The van der Waals surface area contributed by atoms with Crippen LogP contribution in [0.4, 0.5) is 5.69 Å². The summed E-state index contributed by atoms with van der Waals surface area (Å²) in [6, 6.07) is 18.5. The van der Waals surface area contributed by atoms with Crippen molar-refractivity contribution in [1.29, 1.82) is 0 Å². The third-order valence-corrected chi connectivity index (χ3v) is 6.60. The molecule has 34 heavy (non-hydrogen) atoms. The number of rotatable bonds is 8. The maximum absolute atomic E-state index is 12.9. The number of ether oxygens (including phenoxy) is 3. The van der Waals surface area contributed by atoms with Crippen molar-refractivity contribution in [3.8, 4) is 17.2 Å². The monoisotopic (exact) mass is 482 g/mol.